The van der Waals surface area contributed by atoms with E-state index in [0.717, 1.165) is 12.5 Å². The van der Waals surface area contributed by atoms with Gasteiger partial charge in [-0.15, -0.1) is 0 Å². The third-order valence-electron chi connectivity index (χ3n) is 2.13. The van der Waals surface area contributed by atoms with Crippen molar-refractivity contribution < 1.29 is 12.8 Å². The summed E-state index contributed by atoms with van der Waals surface area (Å²) in [5.41, 5.74) is 0.190. The zero-order valence-electron chi connectivity index (χ0n) is 9.33. The number of primary sulfonamides is 1. The average molecular weight is 281 g/mol. The second-order valence-electron chi connectivity index (χ2n) is 3.60. The van der Waals surface area contributed by atoms with Gasteiger partial charge in [0.2, 0.25) is 10.0 Å². The smallest absolute Gasteiger partial charge is 0.241 e. The Bertz CT molecular complexity index is 505. The van der Waals surface area contributed by atoms with E-state index in [1.807, 2.05) is 6.92 Å². The Morgan fingerprint density at radius 1 is 1.47 bits per heavy atom. The summed E-state index contributed by atoms with van der Waals surface area (Å²) in [6, 6.07) is 2.39. The standard InChI is InChI=1S/C10H14ClFN2O2S/c1-2-3-14-6-7-4-8(11)5-9(10(7)12)17(13,15)16/h4-5,14H,2-3,6H2,1H3,(H2,13,15,16). The predicted molar refractivity (Wildman–Crippen MR) is 64.8 cm³/mol. The molecule has 0 aliphatic heterocycles. The van der Waals surface area contributed by atoms with Gasteiger partial charge in [0, 0.05) is 17.1 Å². The van der Waals surface area contributed by atoms with Crippen molar-refractivity contribution in [2.45, 2.75) is 24.8 Å². The summed E-state index contributed by atoms with van der Waals surface area (Å²) < 4.78 is 36.1. The maximum absolute atomic E-state index is 13.8. The Kier molecular flexibility index (Phi) is 4.88. The molecule has 17 heavy (non-hydrogen) atoms. The SMILES string of the molecule is CCCNCc1cc(Cl)cc(S(N)(=O)=O)c1F. The lowest BCUT2D eigenvalue weighted by atomic mass is 10.2. The summed E-state index contributed by atoms with van der Waals surface area (Å²) in [6.07, 6.45) is 0.893. The zero-order valence-corrected chi connectivity index (χ0v) is 10.9. The molecule has 0 radical (unpaired) electrons. The first-order chi connectivity index (χ1) is 7.86. The van der Waals surface area contributed by atoms with Gasteiger partial charge in [-0.1, -0.05) is 18.5 Å². The number of sulfonamides is 1. The van der Waals surface area contributed by atoms with Crippen molar-refractivity contribution in [1.29, 1.82) is 0 Å². The number of benzene rings is 1. The van der Waals surface area contributed by atoms with Crippen molar-refractivity contribution in [3.63, 3.8) is 0 Å². The van der Waals surface area contributed by atoms with Crippen LogP contribution in [0.4, 0.5) is 4.39 Å². The minimum absolute atomic E-state index is 0.142. The Balaban J connectivity index is 3.11. The van der Waals surface area contributed by atoms with Gasteiger partial charge in [0.25, 0.3) is 0 Å². The van der Waals surface area contributed by atoms with Crippen molar-refractivity contribution in [3.05, 3.63) is 28.5 Å². The van der Waals surface area contributed by atoms with Crippen LogP contribution >= 0.6 is 11.6 Å². The van der Waals surface area contributed by atoms with Crippen molar-refractivity contribution >= 4 is 21.6 Å². The molecular formula is C10H14ClFN2O2S. The van der Waals surface area contributed by atoms with Gasteiger partial charge < -0.3 is 5.32 Å². The number of rotatable bonds is 5. The van der Waals surface area contributed by atoms with Gasteiger partial charge in [0.05, 0.1) is 0 Å². The molecule has 0 unspecified atom stereocenters. The number of hydrogen-bond acceptors (Lipinski definition) is 3. The molecule has 1 aromatic carbocycles. The Labute approximate surface area is 105 Å². The molecule has 0 saturated carbocycles. The number of nitrogens with one attached hydrogen (secondary N) is 1. The minimum Gasteiger partial charge on any atom is -0.313 e. The van der Waals surface area contributed by atoms with Crippen LogP contribution in [0.15, 0.2) is 17.0 Å². The molecule has 0 aliphatic rings. The van der Waals surface area contributed by atoms with Crippen LogP contribution in [0.5, 0.6) is 0 Å². The molecule has 3 N–H and O–H groups in total. The van der Waals surface area contributed by atoms with E-state index >= 15 is 0 Å². The van der Waals surface area contributed by atoms with Crippen molar-refractivity contribution in [2.24, 2.45) is 5.14 Å². The fraction of sp³-hybridized carbons (Fsp3) is 0.400. The van der Waals surface area contributed by atoms with Crippen LogP contribution in [-0.2, 0) is 16.6 Å². The van der Waals surface area contributed by atoms with E-state index in [9.17, 15) is 12.8 Å². The Morgan fingerprint density at radius 2 is 2.12 bits per heavy atom. The molecule has 0 heterocycles. The molecule has 0 atom stereocenters. The van der Waals surface area contributed by atoms with Crippen molar-refractivity contribution in [2.75, 3.05) is 6.54 Å². The van der Waals surface area contributed by atoms with Crippen LogP contribution in [0.3, 0.4) is 0 Å². The van der Waals surface area contributed by atoms with E-state index in [1.54, 1.807) is 0 Å². The summed E-state index contributed by atoms with van der Waals surface area (Å²) in [5, 5.41) is 8.01. The maximum Gasteiger partial charge on any atom is 0.241 e. The van der Waals surface area contributed by atoms with E-state index < -0.39 is 20.7 Å². The van der Waals surface area contributed by atoms with Gasteiger partial charge >= 0.3 is 0 Å². The van der Waals surface area contributed by atoms with Crippen LogP contribution in [0.1, 0.15) is 18.9 Å². The molecule has 0 saturated heterocycles. The second kappa shape index (κ2) is 5.77. The fourth-order valence-electron chi connectivity index (χ4n) is 1.35. The average Bonchev–Trinajstić information content (AvgIpc) is 2.21. The molecule has 0 fully saturated rings. The van der Waals surface area contributed by atoms with Gasteiger partial charge in [0.1, 0.15) is 10.7 Å². The molecule has 0 spiro atoms. The predicted octanol–water partition coefficient (Wildman–Crippen LogP) is 1.63. The van der Waals surface area contributed by atoms with E-state index in [1.165, 1.54) is 6.07 Å². The lowest BCUT2D eigenvalue weighted by molar-refractivity contribution is 0.548. The maximum atomic E-state index is 13.8. The lowest BCUT2D eigenvalue weighted by Gasteiger charge is -2.09. The normalized spacial score (nSPS) is 11.8. The number of nitrogens with two attached hydrogens (primary N) is 1. The summed E-state index contributed by atoms with van der Waals surface area (Å²) in [6.45, 7) is 2.89. The van der Waals surface area contributed by atoms with Crippen molar-refractivity contribution in [3.8, 4) is 0 Å². The molecule has 0 amide bonds. The monoisotopic (exact) mass is 280 g/mol. The highest BCUT2D eigenvalue weighted by atomic mass is 35.5. The molecule has 96 valence electrons. The molecule has 0 aliphatic carbocycles. The molecule has 7 heteroatoms. The van der Waals surface area contributed by atoms with E-state index in [2.05, 4.69) is 5.32 Å². The topological polar surface area (TPSA) is 72.2 Å². The van der Waals surface area contributed by atoms with E-state index in [4.69, 9.17) is 16.7 Å². The highest BCUT2D eigenvalue weighted by molar-refractivity contribution is 7.89. The van der Waals surface area contributed by atoms with Gasteiger partial charge in [0.15, 0.2) is 0 Å². The van der Waals surface area contributed by atoms with Crippen LogP contribution in [0, 0.1) is 5.82 Å². The summed E-state index contributed by atoms with van der Waals surface area (Å²) in [4.78, 5) is -0.571. The molecular weight excluding hydrogens is 267 g/mol. The first kappa shape index (κ1) is 14.4. The van der Waals surface area contributed by atoms with E-state index in [-0.39, 0.29) is 17.1 Å². The van der Waals surface area contributed by atoms with Crippen LogP contribution < -0.4 is 10.5 Å². The third-order valence-corrected chi connectivity index (χ3v) is 3.26. The summed E-state index contributed by atoms with van der Waals surface area (Å²) >= 11 is 5.73. The quantitative estimate of drug-likeness (QED) is 0.805. The van der Waals surface area contributed by atoms with Gasteiger partial charge in [-0.05, 0) is 25.1 Å². The summed E-state index contributed by atoms with van der Waals surface area (Å²) in [5.74, 6) is -0.847. The molecule has 0 aromatic heterocycles. The molecule has 1 aromatic rings. The number of hydrogen-bond donors (Lipinski definition) is 2. The van der Waals surface area contributed by atoms with Crippen molar-refractivity contribution in [1.82, 2.24) is 5.32 Å². The Hall–Kier alpha value is -0.690. The molecule has 0 bridgehead atoms. The largest absolute Gasteiger partial charge is 0.313 e. The van der Waals surface area contributed by atoms with Crippen LogP contribution in [0.2, 0.25) is 5.02 Å². The van der Waals surface area contributed by atoms with E-state index in [0.29, 0.717) is 6.54 Å². The van der Waals surface area contributed by atoms with Gasteiger partial charge in [-0.25, -0.2) is 17.9 Å². The number of halogens is 2. The highest BCUT2D eigenvalue weighted by Crippen LogP contribution is 2.22. The van der Waals surface area contributed by atoms with Gasteiger partial charge in [-0.3, -0.25) is 0 Å². The first-order valence-electron chi connectivity index (χ1n) is 5.07. The molecule has 1 rings (SSSR count). The lowest BCUT2D eigenvalue weighted by Crippen LogP contribution is -2.18. The first-order valence-corrected chi connectivity index (χ1v) is 7.00. The van der Waals surface area contributed by atoms with Crippen LogP contribution in [0.25, 0.3) is 0 Å². The third kappa shape index (κ3) is 3.92. The van der Waals surface area contributed by atoms with Gasteiger partial charge in [-0.2, -0.15) is 0 Å². The fourth-order valence-corrected chi connectivity index (χ4v) is 2.33. The van der Waals surface area contributed by atoms with Crippen LogP contribution in [-0.4, -0.2) is 15.0 Å². The Morgan fingerprint density at radius 3 is 2.65 bits per heavy atom. The molecule has 4 nitrogen and oxygen atoms in total. The summed E-state index contributed by atoms with van der Waals surface area (Å²) in [7, 11) is -4.10. The minimum atomic E-state index is -4.10. The zero-order chi connectivity index (χ0) is 13.1. The second-order valence-corrected chi connectivity index (χ2v) is 5.57. The highest BCUT2D eigenvalue weighted by Gasteiger charge is 2.18.